The van der Waals surface area contributed by atoms with Gasteiger partial charge in [0.1, 0.15) is 23.1 Å². The zero-order chi connectivity index (χ0) is 15.6. The van der Waals surface area contributed by atoms with E-state index in [4.69, 9.17) is 15.2 Å². The van der Waals surface area contributed by atoms with Gasteiger partial charge in [-0.15, -0.1) is 0 Å². The Bertz CT molecular complexity index is 664. The summed E-state index contributed by atoms with van der Waals surface area (Å²) in [5.41, 5.74) is 6.26. The van der Waals surface area contributed by atoms with E-state index >= 15 is 0 Å². The summed E-state index contributed by atoms with van der Waals surface area (Å²) in [5, 5.41) is 0. The molecule has 1 unspecified atom stereocenters. The van der Waals surface area contributed by atoms with Gasteiger partial charge in [0, 0.05) is 11.1 Å². The summed E-state index contributed by atoms with van der Waals surface area (Å²) in [5.74, 6) is -0.486. The molecule has 0 saturated carbocycles. The third kappa shape index (κ3) is 3.01. The molecule has 0 aliphatic rings. The van der Waals surface area contributed by atoms with Gasteiger partial charge < -0.3 is 15.2 Å². The van der Waals surface area contributed by atoms with Crippen LogP contribution in [-0.2, 0) is 0 Å². The smallest absolute Gasteiger partial charge is 0.145 e. The zero-order valence-electron chi connectivity index (χ0n) is 11.5. The number of hydrogen-bond acceptors (Lipinski definition) is 3. The van der Waals surface area contributed by atoms with E-state index in [1.165, 1.54) is 20.3 Å². The molecule has 0 spiro atoms. The second-order valence-corrected chi connectivity index (χ2v) is 5.20. The van der Waals surface area contributed by atoms with Crippen LogP contribution in [0.5, 0.6) is 11.5 Å². The van der Waals surface area contributed by atoms with E-state index in [-0.39, 0.29) is 10.0 Å². The van der Waals surface area contributed by atoms with E-state index in [2.05, 4.69) is 15.9 Å². The normalized spacial score (nSPS) is 12.1. The first-order valence-corrected chi connectivity index (χ1v) is 6.89. The Balaban J connectivity index is 2.59. The molecule has 6 heteroatoms. The highest BCUT2D eigenvalue weighted by Gasteiger charge is 2.23. The van der Waals surface area contributed by atoms with Crippen molar-refractivity contribution in [3.05, 3.63) is 57.6 Å². The third-order valence-corrected chi connectivity index (χ3v) is 3.77. The Morgan fingerprint density at radius 2 is 1.81 bits per heavy atom. The van der Waals surface area contributed by atoms with Crippen molar-refractivity contribution >= 4 is 15.9 Å². The van der Waals surface area contributed by atoms with Crippen molar-refractivity contribution in [3.8, 4) is 11.5 Å². The molecule has 0 aliphatic carbocycles. The summed E-state index contributed by atoms with van der Waals surface area (Å²) >= 11 is 3.03. The molecule has 3 nitrogen and oxygen atoms in total. The van der Waals surface area contributed by atoms with Crippen LogP contribution in [0.2, 0.25) is 0 Å². The number of hydrogen-bond donors (Lipinski definition) is 1. The molecule has 0 saturated heterocycles. The highest BCUT2D eigenvalue weighted by Crippen LogP contribution is 2.35. The van der Waals surface area contributed by atoms with Gasteiger partial charge in [-0.3, -0.25) is 0 Å². The molecule has 0 amide bonds. The van der Waals surface area contributed by atoms with Gasteiger partial charge in [-0.1, -0.05) is 0 Å². The van der Waals surface area contributed by atoms with E-state index in [1.807, 2.05) is 0 Å². The zero-order valence-corrected chi connectivity index (χ0v) is 13.1. The molecule has 0 aromatic heterocycles. The van der Waals surface area contributed by atoms with Crippen LogP contribution in [0.25, 0.3) is 0 Å². The van der Waals surface area contributed by atoms with Crippen LogP contribution in [0.3, 0.4) is 0 Å². The van der Waals surface area contributed by atoms with Crippen LogP contribution in [0.4, 0.5) is 8.78 Å². The summed E-state index contributed by atoms with van der Waals surface area (Å²) in [6.45, 7) is 0. The van der Waals surface area contributed by atoms with Gasteiger partial charge in [0.15, 0.2) is 0 Å². The fourth-order valence-corrected chi connectivity index (χ4v) is 2.41. The number of benzene rings is 2. The first-order chi connectivity index (χ1) is 9.99. The minimum absolute atomic E-state index is 0.149. The molecule has 0 radical (unpaired) electrons. The van der Waals surface area contributed by atoms with E-state index < -0.39 is 17.7 Å². The maximum Gasteiger partial charge on any atom is 0.145 e. The second kappa shape index (κ2) is 6.41. The molecular weight excluding hydrogens is 344 g/mol. The average molecular weight is 358 g/mol. The highest BCUT2D eigenvalue weighted by atomic mass is 79.9. The SMILES string of the molecule is COc1ccc(OC)c(C(N)c2c(F)ccc(Br)c2F)c1. The average Bonchev–Trinajstić information content (AvgIpc) is 2.50. The Kier molecular flexibility index (Phi) is 4.80. The lowest BCUT2D eigenvalue weighted by atomic mass is 9.97. The third-order valence-electron chi connectivity index (χ3n) is 3.16. The molecule has 0 fully saturated rings. The van der Waals surface area contributed by atoms with Crippen LogP contribution in [-0.4, -0.2) is 14.2 Å². The van der Waals surface area contributed by atoms with Crippen molar-refractivity contribution in [1.82, 2.24) is 0 Å². The summed E-state index contributed by atoms with van der Waals surface area (Å²) in [7, 11) is 2.96. The van der Waals surface area contributed by atoms with Crippen molar-refractivity contribution in [2.75, 3.05) is 14.2 Å². The van der Waals surface area contributed by atoms with Gasteiger partial charge in [0.2, 0.25) is 0 Å². The maximum atomic E-state index is 14.2. The number of methoxy groups -OCH3 is 2. The lowest BCUT2D eigenvalue weighted by molar-refractivity contribution is 0.396. The van der Waals surface area contributed by atoms with Gasteiger partial charge in [-0.05, 0) is 46.3 Å². The standard InChI is InChI=1S/C15H14BrF2NO2/c1-20-8-3-6-12(21-2)9(7-8)15(19)13-11(17)5-4-10(16)14(13)18/h3-7,15H,19H2,1-2H3. The van der Waals surface area contributed by atoms with Gasteiger partial charge in [0.25, 0.3) is 0 Å². The minimum Gasteiger partial charge on any atom is -0.497 e. The Morgan fingerprint density at radius 1 is 1.10 bits per heavy atom. The van der Waals surface area contributed by atoms with Crippen molar-refractivity contribution in [1.29, 1.82) is 0 Å². The topological polar surface area (TPSA) is 44.5 Å². The van der Waals surface area contributed by atoms with E-state index in [9.17, 15) is 8.78 Å². The Labute approximate surface area is 129 Å². The summed E-state index contributed by atoms with van der Waals surface area (Å²) in [6, 6.07) is 6.36. The minimum atomic E-state index is -1.02. The lowest BCUT2D eigenvalue weighted by Crippen LogP contribution is -2.17. The first kappa shape index (κ1) is 15.7. The molecule has 0 heterocycles. The van der Waals surface area contributed by atoms with Gasteiger partial charge in [-0.25, -0.2) is 8.78 Å². The van der Waals surface area contributed by atoms with Gasteiger partial charge >= 0.3 is 0 Å². The Hall–Kier alpha value is -1.66. The molecule has 2 aromatic rings. The van der Waals surface area contributed by atoms with Crippen molar-refractivity contribution in [2.45, 2.75) is 6.04 Å². The Morgan fingerprint density at radius 3 is 2.43 bits per heavy atom. The summed E-state index contributed by atoms with van der Waals surface area (Å²) in [6.07, 6.45) is 0. The highest BCUT2D eigenvalue weighted by molar-refractivity contribution is 9.10. The van der Waals surface area contributed by atoms with Crippen molar-refractivity contribution < 1.29 is 18.3 Å². The lowest BCUT2D eigenvalue weighted by Gasteiger charge is -2.18. The second-order valence-electron chi connectivity index (χ2n) is 4.34. The van der Waals surface area contributed by atoms with Crippen LogP contribution in [0.15, 0.2) is 34.8 Å². The van der Waals surface area contributed by atoms with E-state index in [1.54, 1.807) is 18.2 Å². The first-order valence-electron chi connectivity index (χ1n) is 6.10. The number of nitrogens with two attached hydrogens (primary N) is 1. The molecule has 21 heavy (non-hydrogen) atoms. The molecule has 1 atom stereocenters. The summed E-state index contributed by atoms with van der Waals surface area (Å²) < 4.78 is 38.6. The fourth-order valence-electron chi connectivity index (χ4n) is 2.07. The molecule has 0 bridgehead atoms. The number of halogens is 3. The largest absolute Gasteiger partial charge is 0.497 e. The van der Waals surface area contributed by atoms with Crippen molar-refractivity contribution in [3.63, 3.8) is 0 Å². The van der Waals surface area contributed by atoms with E-state index in [0.29, 0.717) is 17.1 Å². The molecule has 2 N–H and O–H groups in total. The molecule has 112 valence electrons. The molecule has 2 rings (SSSR count). The number of ether oxygens (including phenoxy) is 2. The van der Waals surface area contributed by atoms with Crippen LogP contribution in [0.1, 0.15) is 17.2 Å². The van der Waals surface area contributed by atoms with Gasteiger partial charge in [0.05, 0.1) is 24.7 Å². The molecule has 0 aliphatic heterocycles. The predicted octanol–water partition coefficient (Wildman–Crippen LogP) is 3.79. The predicted molar refractivity (Wildman–Crippen MR) is 79.6 cm³/mol. The number of rotatable bonds is 4. The van der Waals surface area contributed by atoms with Gasteiger partial charge in [-0.2, -0.15) is 0 Å². The summed E-state index contributed by atoms with van der Waals surface area (Å²) in [4.78, 5) is 0. The van der Waals surface area contributed by atoms with Crippen LogP contribution >= 0.6 is 15.9 Å². The maximum absolute atomic E-state index is 14.2. The van der Waals surface area contributed by atoms with Crippen LogP contribution in [0, 0.1) is 11.6 Å². The van der Waals surface area contributed by atoms with Crippen LogP contribution < -0.4 is 15.2 Å². The molecule has 2 aromatic carbocycles. The van der Waals surface area contributed by atoms with E-state index in [0.717, 1.165) is 6.07 Å². The van der Waals surface area contributed by atoms with Crippen molar-refractivity contribution in [2.24, 2.45) is 5.73 Å². The quantitative estimate of drug-likeness (QED) is 0.846. The monoisotopic (exact) mass is 357 g/mol. The fraction of sp³-hybridized carbons (Fsp3) is 0.200. The molecular formula is C15H14BrF2NO2.